The van der Waals surface area contributed by atoms with Crippen molar-refractivity contribution in [3.63, 3.8) is 0 Å². The smallest absolute Gasteiger partial charge is 0.135 e. The Labute approximate surface area is 112 Å². The van der Waals surface area contributed by atoms with Crippen LogP contribution in [0.2, 0.25) is 0 Å². The molecule has 0 saturated heterocycles. The summed E-state index contributed by atoms with van der Waals surface area (Å²) in [4.78, 5) is 11.5. The molecule has 0 saturated carbocycles. The van der Waals surface area contributed by atoms with Gasteiger partial charge in [-0.05, 0) is 38.5 Å². The highest BCUT2D eigenvalue weighted by molar-refractivity contribution is 5.78. The second-order valence-corrected chi connectivity index (χ2v) is 5.17. The summed E-state index contributed by atoms with van der Waals surface area (Å²) in [6, 6.07) is 0. The molecule has 2 heteroatoms. The first-order valence-electron chi connectivity index (χ1n) is 7.64. The van der Waals surface area contributed by atoms with Crippen LogP contribution in [0.4, 0.5) is 0 Å². The first-order chi connectivity index (χ1) is 8.89. The zero-order chi connectivity index (χ0) is 12.9. The number of hydrogen-bond donors (Lipinski definition) is 0. The molecule has 1 aliphatic rings. The van der Waals surface area contributed by atoms with Gasteiger partial charge in [-0.3, -0.25) is 4.79 Å². The van der Waals surface area contributed by atoms with Crippen molar-refractivity contribution in [1.29, 1.82) is 0 Å². The average molecular weight is 252 g/mol. The van der Waals surface area contributed by atoms with Crippen LogP contribution >= 0.6 is 0 Å². The zero-order valence-electron chi connectivity index (χ0n) is 11.7. The summed E-state index contributed by atoms with van der Waals surface area (Å²) < 4.78 is 5.48. The highest BCUT2D eigenvalue weighted by Crippen LogP contribution is 2.09. The minimum Gasteiger partial charge on any atom is -0.381 e. The van der Waals surface area contributed by atoms with Crippen molar-refractivity contribution in [2.75, 3.05) is 13.2 Å². The topological polar surface area (TPSA) is 26.3 Å². The third kappa shape index (κ3) is 9.41. The Kier molecular flexibility index (Phi) is 9.82. The molecule has 18 heavy (non-hydrogen) atoms. The van der Waals surface area contributed by atoms with E-state index in [2.05, 4.69) is 12.2 Å². The minimum atomic E-state index is 0.376. The normalized spacial score (nSPS) is 22.6. The maximum Gasteiger partial charge on any atom is 0.135 e. The number of rotatable bonds is 0. The number of allylic oxidation sites excluding steroid dienone is 2. The summed E-state index contributed by atoms with van der Waals surface area (Å²) in [6.45, 7) is 1.43. The van der Waals surface area contributed by atoms with E-state index in [1.165, 1.54) is 44.9 Å². The zero-order valence-corrected chi connectivity index (χ0v) is 11.7. The average Bonchev–Trinajstić information content (AvgIpc) is 2.37. The van der Waals surface area contributed by atoms with Crippen LogP contribution in [0.25, 0.3) is 0 Å². The Bertz CT molecular complexity index is 211. The van der Waals surface area contributed by atoms with Crippen molar-refractivity contribution >= 4 is 5.78 Å². The lowest BCUT2D eigenvalue weighted by Gasteiger charge is -2.03. The van der Waals surface area contributed by atoms with E-state index < -0.39 is 0 Å². The first kappa shape index (κ1) is 15.4. The second kappa shape index (κ2) is 11.5. The third-order valence-corrected chi connectivity index (χ3v) is 3.43. The molecule has 0 spiro atoms. The quantitative estimate of drug-likeness (QED) is 0.596. The van der Waals surface area contributed by atoms with Gasteiger partial charge in [-0.2, -0.15) is 0 Å². The number of carbonyl (C=O) groups excluding carboxylic acids is 1. The molecule has 0 aromatic heterocycles. The molecule has 0 unspecified atom stereocenters. The van der Waals surface area contributed by atoms with Gasteiger partial charge in [0.1, 0.15) is 5.78 Å². The monoisotopic (exact) mass is 252 g/mol. The lowest BCUT2D eigenvalue weighted by Crippen LogP contribution is -2.05. The summed E-state index contributed by atoms with van der Waals surface area (Å²) in [6.07, 6.45) is 16.8. The second-order valence-electron chi connectivity index (χ2n) is 5.17. The van der Waals surface area contributed by atoms with Crippen molar-refractivity contribution in [1.82, 2.24) is 0 Å². The molecule has 104 valence electrons. The van der Waals surface area contributed by atoms with Crippen LogP contribution in [0.15, 0.2) is 12.2 Å². The first-order valence-corrected chi connectivity index (χ1v) is 7.64. The van der Waals surface area contributed by atoms with Crippen LogP contribution in [-0.4, -0.2) is 19.0 Å². The molecule has 0 aromatic carbocycles. The van der Waals surface area contributed by atoms with E-state index in [1.54, 1.807) is 0 Å². The van der Waals surface area contributed by atoms with Crippen LogP contribution in [0.1, 0.15) is 70.6 Å². The Balaban J connectivity index is 2.17. The number of hydrogen-bond acceptors (Lipinski definition) is 2. The van der Waals surface area contributed by atoms with E-state index in [0.717, 1.165) is 25.9 Å². The SMILES string of the molecule is O=C1CCCCCCCC=CCCCCOCC1. The molecule has 0 aliphatic carbocycles. The molecule has 1 heterocycles. The lowest BCUT2D eigenvalue weighted by atomic mass is 10.1. The van der Waals surface area contributed by atoms with Gasteiger partial charge in [-0.15, -0.1) is 0 Å². The van der Waals surface area contributed by atoms with Gasteiger partial charge in [-0.1, -0.05) is 31.4 Å². The van der Waals surface area contributed by atoms with Gasteiger partial charge >= 0.3 is 0 Å². The standard InChI is InChI=1S/C16H28O2/c17-16-12-10-8-6-4-2-1-3-5-7-9-11-14-18-15-13-16/h3,5H,1-2,4,6-15H2. The van der Waals surface area contributed by atoms with Gasteiger partial charge in [0.15, 0.2) is 0 Å². The molecule has 0 bridgehead atoms. The lowest BCUT2D eigenvalue weighted by molar-refractivity contribution is -0.120. The minimum absolute atomic E-state index is 0.376. The maximum atomic E-state index is 11.5. The number of carbonyl (C=O) groups is 1. The largest absolute Gasteiger partial charge is 0.381 e. The molecule has 0 radical (unpaired) electrons. The Morgan fingerprint density at radius 3 is 2.22 bits per heavy atom. The van der Waals surface area contributed by atoms with Crippen molar-refractivity contribution < 1.29 is 9.53 Å². The summed E-state index contributed by atoms with van der Waals surface area (Å²) >= 11 is 0. The molecular formula is C16H28O2. The number of ketones is 1. The van der Waals surface area contributed by atoms with Crippen LogP contribution in [0, 0.1) is 0 Å². The fourth-order valence-electron chi connectivity index (χ4n) is 2.23. The molecule has 0 aromatic rings. The van der Waals surface area contributed by atoms with E-state index >= 15 is 0 Å². The Morgan fingerprint density at radius 1 is 0.722 bits per heavy atom. The van der Waals surface area contributed by atoms with Crippen LogP contribution in [0.3, 0.4) is 0 Å². The van der Waals surface area contributed by atoms with Crippen LogP contribution in [-0.2, 0) is 9.53 Å². The molecule has 1 aliphatic heterocycles. The van der Waals surface area contributed by atoms with Crippen molar-refractivity contribution in [3.8, 4) is 0 Å². The van der Waals surface area contributed by atoms with E-state index in [0.29, 0.717) is 18.8 Å². The third-order valence-electron chi connectivity index (χ3n) is 3.43. The molecule has 2 nitrogen and oxygen atoms in total. The van der Waals surface area contributed by atoms with E-state index in [-0.39, 0.29) is 0 Å². The Hall–Kier alpha value is -0.630. The van der Waals surface area contributed by atoms with E-state index in [1.807, 2.05) is 0 Å². The molecule has 1 rings (SSSR count). The van der Waals surface area contributed by atoms with Crippen LogP contribution in [0.5, 0.6) is 0 Å². The summed E-state index contributed by atoms with van der Waals surface area (Å²) in [5, 5.41) is 0. The molecule has 0 atom stereocenters. The maximum absolute atomic E-state index is 11.5. The van der Waals surface area contributed by atoms with Gasteiger partial charge in [0.05, 0.1) is 6.61 Å². The number of Topliss-reactive ketones (excluding diaryl/α,β-unsaturated/α-hetero) is 1. The number of ether oxygens (including phenoxy) is 1. The summed E-state index contributed by atoms with van der Waals surface area (Å²) in [5.41, 5.74) is 0. The van der Waals surface area contributed by atoms with Crippen molar-refractivity contribution in [3.05, 3.63) is 12.2 Å². The molecule has 0 fully saturated rings. The molecular weight excluding hydrogens is 224 g/mol. The molecule has 0 N–H and O–H groups in total. The van der Waals surface area contributed by atoms with Gasteiger partial charge in [0.2, 0.25) is 0 Å². The van der Waals surface area contributed by atoms with Gasteiger partial charge in [-0.25, -0.2) is 0 Å². The fraction of sp³-hybridized carbons (Fsp3) is 0.812. The van der Waals surface area contributed by atoms with Crippen molar-refractivity contribution in [2.45, 2.75) is 70.6 Å². The fourth-order valence-corrected chi connectivity index (χ4v) is 2.23. The Morgan fingerprint density at radius 2 is 1.39 bits per heavy atom. The van der Waals surface area contributed by atoms with Gasteiger partial charge < -0.3 is 4.74 Å². The van der Waals surface area contributed by atoms with Gasteiger partial charge in [0, 0.05) is 19.4 Å². The van der Waals surface area contributed by atoms with Crippen LogP contribution < -0.4 is 0 Å². The van der Waals surface area contributed by atoms with Crippen molar-refractivity contribution in [2.24, 2.45) is 0 Å². The molecule has 0 amide bonds. The van der Waals surface area contributed by atoms with E-state index in [4.69, 9.17) is 4.74 Å². The van der Waals surface area contributed by atoms with Gasteiger partial charge in [0.25, 0.3) is 0 Å². The highest BCUT2D eigenvalue weighted by atomic mass is 16.5. The predicted octanol–water partition coefficient (Wildman–Crippen LogP) is 4.43. The predicted molar refractivity (Wildman–Crippen MR) is 75.8 cm³/mol. The highest BCUT2D eigenvalue weighted by Gasteiger charge is 2.02. The van der Waals surface area contributed by atoms with E-state index in [9.17, 15) is 4.79 Å². The summed E-state index contributed by atoms with van der Waals surface area (Å²) in [7, 11) is 0. The summed E-state index contributed by atoms with van der Waals surface area (Å²) in [5.74, 6) is 0.376.